The van der Waals surface area contributed by atoms with Crippen molar-refractivity contribution in [3.63, 3.8) is 0 Å². The van der Waals surface area contributed by atoms with Gasteiger partial charge in [0, 0.05) is 37.5 Å². The van der Waals surface area contributed by atoms with E-state index in [1.165, 1.54) is 6.42 Å². The van der Waals surface area contributed by atoms with Crippen LogP contribution < -0.4 is 10.1 Å². The van der Waals surface area contributed by atoms with Crippen LogP contribution in [0.3, 0.4) is 0 Å². The second kappa shape index (κ2) is 8.63. The largest absolute Gasteiger partial charge is 0.438 e. The third kappa shape index (κ3) is 4.60. The number of fused-ring (bicyclic) bond motifs is 1. The van der Waals surface area contributed by atoms with Crippen molar-refractivity contribution in [1.82, 2.24) is 19.5 Å². The topological polar surface area (TPSA) is 81.0 Å². The highest BCUT2D eigenvalue weighted by Crippen LogP contribution is 2.37. The first-order chi connectivity index (χ1) is 15.6. The summed E-state index contributed by atoms with van der Waals surface area (Å²) in [7, 11) is 0. The van der Waals surface area contributed by atoms with Crippen molar-refractivity contribution in [2.45, 2.75) is 19.8 Å². The van der Waals surface area contributed by atoms with E-state index in [4.69, 9.17) is 9.47 Å². The molecule has 2 saturated heterocycles. The van der Waals surface area contributed by atoms with E-state index >= 15 is 0 Å². The summed E-state index contributed by atoms with van der Waals surface area (Å²) in [5.41, 5.74) is 2.06. The van der Waals surface area contributed by atoms with Crippen molar-refractivity contribution in [2.24, 2.45) is 5.41 Å². The molecule has 0 aliphatic carbocycles. The summed E-state index contributed by atoms with van der Waals surface area (Å²) in [4.78, 5) is 18.3. The second-order valence-electron chi connectivity index (χ2n) is 8.71. The Balaban J connectivity index is 1.18. The lowest BCUT2D eigenvalue weighted by atomic mass is 9.85. The van der Waals surface area contributed by atoms with Crippen LogP contribution >= 0.6 is 0 Å². The summed E-state index contributed by atoms with van der Waals surface area (Å²) in [6.07, 6.45) is 7.74. The van der Waals surface area contributed by atoms with Gasteiger partial charge < -0.3 is 19.7 Å². The predicted octanol–water partition coefficient (Wildman–Crippen LogP) is 3.30. The number of rotatable bonds is 8. The number of anilines is 1. The molecule has 2 aliphatic rings. The lowest BCUT2D eigenvalue weighted by Gasteiger charge is -2.37. The Bertz CT molecular complexity index is 1150. The third-order valence-corrected chi connectivity index (χ3v) is 5.87. The van der Waals surface area contributed by atoms with Crippen molar-refractivity contribution in [2.75, 3.05) is 38.2 Å². The van der Waals surface area contributed by atoms with Gasteiger partial charge in [0.2, 0.25) is 5.88 Å². The van der Waals surface area contributed by atoms with Crippen LogP contribution in [0.2, 0.25) is 0 Å². The average Bonchev–Trinajstić information content (AvgIpc) is 3.35. The van der Waals surface area contributed by atoms with Gasteiger partial charge >= 0.3 is 0 Å². The molecule has 1 aromatic carbocycles. The average molecular weight is 434 g/mol. The zero-order chi connectivity index (χ0) is 22.0. The highest BCUT2D eigenvalue weighted by Gasteiger charge is 2.43. The van der Waals surface area contributed by atoms with Crippen LogP contribution in [0.25, 0.3) is 5.65 Å². The summed E-state index contributed by atoms with van der Waals surface area (Å²) in [5, 5.41) is 7.81. The number of Topliss-reactive ketones (excluding diaryl/α,β-unsaturated/α-hetero) is 1. The molecule has 3 aromatic rings. The summed E-state index contributed by atoms with van der Waals surface area (Å²) in [5.74, 6) is 1.99. The van der Waals surface area contributed by atoms with E-state index in [0.29, 0.717) is 30.0 Å². The highest BCUT2D eigenvalue weighted by molar-refractivity contribution is 5.78. The van der Waals surface area contributed by atoms with Crippen LogP contribution in [-0.4, -0.2) is 58.1 Å². The Morgan fingerprint density at radius 3 is 3.00 bits per heavy atom. The molecule has 0 bridgehead atoms. The Kier molecular flexibility index (Phi) is 5.53. The number of aromatic nitrogens is 3. The fraction of sp³-hybridized carbons (Fsp3) is 0.375. The van der Waals surface area contributed by atoms with E-state index in [2.05, 4.69) is 32.6 Å². The smallest absolute Gasteiger partial charge is 0.237 e. The van der Waals surface area contributed by atoms with Crippen LogP contribution in [0, 0.1) is 5.41 Å². The molecule has 0 unspecified atom stereocenters. The second-order valence-corrected chi connectivity index (χ2v) is 8.71. The van der Waals surface area contributed by atoms with E-state index in [9.17, 15) is 4.79 Å². The molecule has 2 fully saturated rings. The minimum absolute atomic E-state index is 0.118. The molecule has 166 valence electrons. The maximum absolute atomic E-state index is 11.4. The quantitative estimate of drug-likeness (QED) is 0.584. The lowest BCUT2D eigenvalue weighted by Crippen LogP contribution is -2.44. The van der Waals surface area contributed by atoms with Gasteiger partial charge in [-0.1, -0.05) is 12.1 Å². The van der Waals surface area contributed by atoms with Crippen LogP contribution in [0.5, 0.6) is 11.6 Å². The Morgan fingerprint density at radius 2 is 2.22 bits per heavy atom. The first-order valence-corrected chi connectivity index (χ1v) is 10.9. The van der Waals surface area contributed by atoms with Gasteiger partial charge in [-0.3, -0.25) is 4.79 Å². The number of carbonyl (C=O) groups excluding carboxylic acids is 1. The fourth-order valence-electron chi connectivity index (χ4n) is 4.22. The molecule has 0 radical (unpaired) electrons. The van der Waals surface area contributed by atoms with Crippen molar-refractivity contribution in [1.29, 1.82) is 0 Å². The molecule has 0 amide bonds. The molecule has 1 spiro atoms. The van der Waals surface area contributed by atoms with Gasteiger partial charge in [-0.05, 0) is 49.4 Å². The maximum atomic E-state index is 11.4. The van der Waals surface area contributed by atoms with E-state index < -0.39 is 0 Å². The van der Waals surface area contributed by atoms with Gasteiger partial charge in [-0.15, -0.1) is 5.10 Å². The normalized spacial score (nSPS) is 17.2. The van der Waals surface area contributed by atoms with Gasteiger partial charge in [0.15, 0.2) is 5.65 Å². The van der Waals surface area contributed by atoms with Gasteiger partial charge in [-0.2, -0.15) is 0 Å². The third-order valence-electron chi connectivity index (χ3n) is 5.87. The number of hydrogen-bond donors (Lipinski definition) is 1. The molecule has 0 saturated carbocycles. The summed E-state index contributed by atoms with van der Waals surface area (Å²) in [6.45, 7) is 6.26. The number of ether oxygens (including phenoxy) is 2. The van der Waals surface area contributed by atoms with Gasteiger partial charge in [0.05, 0.1) is 19.4 Å². The zero-order valence-electron chi connectivity index (χ0n) is 18.2. The monoisotopic (exact) mass is 433 g/mol. The minimum Gasteiger partial charge on any atom is -0.438 e. The molecule has 1 N–H and O–H groups in total. The van der Waals surface area contributed by atoms with Crippen molar-refractivity contribution < 1.29 is 14.3 Å². The zero-order valence-corrected chi connectivity index (χ0v) is 18.2. The standard InChI is InChI=1S/C24H27N5O3/c1-18(30)12-19-4-2-5-20(13-19)32-23-7-6-22-26-21(14-29(22)27-23)25-9-3-10-28-11-8-24(15-28)16-31-17-24/h2-7,10,13-14,25H,8-9,11-12,15-17H2,1H3. The minimum atomic E-state index is 0.118. The molecule has 0 atom stereocenters. The van der Waals surface area contributed by atoms with E-state index in [1.807, 2.05) is 36.5 Å². The molecule has 32 heavy (non-hydrogen) atoms. The lowest BCUT2D eigenvalue weighted by molar-refractivity contribution is -0.116. The number of imidazole rings is 1. The molecule has 8 nitrogen and oxygen atoms in total. The molecule has 2 aromatic heterocycles. The molecule has 2 aliphatic heterocycles. The Hall–Kier alpha value is -3.39. The first-order valence-electron chi connectivity index (χ1n) is 10.9. The maximum Gasteiger partial charge on any atom is 0.237 e. The SMILES string of the molecule is CC(=O)Cc1cccc(Oc2ccc3nc(NCC=CN4CCC5(COC5)C4)cn3n2)c1. The van der Waals surface area contributed by atoms with Crippen molar-refractivity contribution in [3.05, 3.63) is 60.4 Å². The van der Waals surface area contributed by atoms with Crippen molar-refractivity contribution >= 4 is 17.2 Å². The number of carbonyl (C=O) groups is 1. The van der Waals surface area contributed by atoms with Gasteiger partial charge in [0.25, 0.3) is 0 Å². The first kappa shape index (κ1) is 20.5. The highest BCUT2D eigenvalue weighted by atomic mass is 16.5. The van der Waals surface area contributed by atoms with Crippen LogP contribution in [0.15, 0.2) is 54.9 Å². The van der Waals surface area contributed by atoms with E-state index in [-0.39, 0.29) is 5.78 Å². The van der Waals surface area contributed by atoms with Gasteiger partial charge in [-0.25, -0.2) is 9.50 Å². The number of hydrogen-bond acceptors (Lipinski definition) is 7. The number of benzene rings is 1. The molecular weight excluding hydrogens is 406 g/mol. The molecule has 4 heterocycles. The van der Waals surface area contributed by atoms with Crippen LogP contribution in [-0.2, 0) is 16.0 Å². The fourth-order valence-corrected chi connectivity index (χ4v) is 4.22. The molecular formula is C24H27N5O3. The van der Waals surface area contributed by atoms with Crippen LogP contribution in [0.1, 0.15) is 18.9 Å². The molecule has 5 rings (SSSR count). The summed E-state index contributed by atoms with van der Waals surface area (Å²) < 4.78 is 13.0. The number of nitrogens with zero attached hydrogens (tertiary/aromatic N) is 4. The molecule has 8 heteroatoms. The Labute approximate surface area is 186 Å². The summed E-state index contributed by atoms with van der Waals surface area (Å²) >= 11 is 0. The van der Waals surface area contributed by atoms with E-state index in [0.717, 1.165) is 43.3 Å². The van der Waals surface area contributed by atoms with Crippen molar-refractivity contribution in [3.8, 4) is 11.6 Å². The Morgan fingerprint density at radius 1 is 1.31 bits per heavy atom. The van der Waals surface area contributed by atoms with E-state index in [1.54, 1.807) is 17.5 Å². The van der Waals surface area contributed by atoms with Gasteiger partial charge in [0.1, 0.15) is 17.4 Å². The predicted molar refractivity (Wildman–Crippen MR) is 121 cm³/mol. The number of likely N-dealkylation sites (tertiary alicyclic amines) is 1. The number of nitrogens with one attached hydrogen (secondary N) is 1. The summed E-state index contributed by atoms with van der Waals surface area (Å²) in [6, 6.07) is 11.2. The van der Waals surface area contributed by atoms with Crippen LogP contribution in [0.4, 0.5) is 5.82 Å². The number of ketones is 1.